The third-order valence-electron chi connectivity index (χ3n) is 2.89. The molecule has 0 saturated heterocycles. The van der Waals surface area contributed by atoms with Crippen LogP contribution in [0.2, 0.25) is 0 Å². The molecule has 0 aromatic carbocycles. The van der Waals surface area contributed by atoms with E-state index in [2.05, 4.69) is 30.6 Å². The molecule has 0 bridgehead atoms. The zero-order valence-electron chi connectivity index (χ0n) is 10.7. The van der Waals surface area contributed by atoms with Crippen LogP contribution in [0.15, 0.2) is 12.4 Å². The maximum Gasteiger partial charge on any atom is 0.224 e. The number of nitrogen functional groups attached to an aromatic ring is 1. The normalized spacial score (nSPS) is 11.1. The highest BCUT2D eigenvalue weighted by molar-refractivity contribution is 5.86. The van der Waals surface area contributed by atoms with Gasteiger partial charge in [-0.2, -0.15) is 20.2 Å². The van der Waals surface area contributed by atoms with E-state index in [0.29, 0.717) is 18.0 Å². The lowest BCUT2D eigenvalue weighted by molar-refractivity contribution is 0.756. The van der Waals surface area contributed by atoms with Crippen molar-refractivity contribution in [3.63, 3.8) is 0 Å². The summed E-state index contributed by atoms with van der Waals surface area (Å²) in [6, 6.07) is 0. The van der Waals surface area contributed by atoms with Crippen molar-refractivity contribution in [1.82, 2.24) is 29.9 Å². The Morgan fingerprint density at radius 3 is 3.00 bits per heavy atom. The van der Waals surface area contributed by atoms with E-state index in [1.54, 1.807) is 10.9 Å². The lowest BCUT2D eigenvalue weighted by atomic mass is 10.2. The van der Waals surface area contributed by atoms with Gasteiger partial charge < -0.3 is 11.1 Å². The fraction of sp³-hybridized carbons (Fsp3) is 0.273. The van der Waals surface area contributed by atoms with Crippen LogP contribution in [0.1, 0.15) is 11.3 Å². The van der Waals surface area contributed by atoms with Gasteiger partial charge in [-0.05, 0) is 6.92 Å². The van der Waals surface area contributed by atoms with Gasteiger partial charge in [-0.1, -0.05) is 0 Å². The van der Waals surface area contributed by atoms with E-state index < -0.39 is 0 Å². The maximum atomic E-state index is 5.66. The Hall–Kier alpha value is -2.64. The minimum atomic E-state index is 0.210. The SMILES string of the molecule is Cc1nn(C)cc1CNc1nc(N)nc2[nH]ncc12. The van der Waals surface area contributed by atoms with Crippen molar-refractivity contribution in [2.24, 2.45) is 7.05 Å². The summed E-state index contributed by atoms with van der Waals surface area (Å²) in [4.78, 5) is 8.26. The monoisotopic (exact) mass is 258 g/mol. The average molecular weight is 258 g/mol. The predicted molar refractivity (Wildman–Crippen MR) is 71.4 cm³/mol. The van der Waals surface area contributed by atoms with Gasteiger partial charge in [0, 0.05) is 25.4 Å². The molecule has 0 fully saturated rings. The number of nitrogens with zero attached hydrogens (tertiary/aromatic N) is 5. The fourth-order valence-corrected chi connectivity index (χ4v) is 1.99. The molecule has 4 N–H and O–H groups in total. The van der Waals surface area contributed by atoms with Gasteiger partial charge in [-0.15, -0.1) is 0 Å². The first kappa shape index (κ1) is 11.5. The number of fused-ring (bicyclic) bond motifs is 1. The first-order valence-corrected chi connectivity index (χ1v) is 5.83. The van der Waals surface area contributed by atoms with Gasteiger partial charge in [-0.25, -0.2) is 0 Å². The molecule has 0 unspecified atom stereocenters. The molecule has 0 spiro atoms. The number of hydrogen-bond donors (Lipinski definition) is 3. The number of nitrogens with one attached hydrogen (secondary N) is 2. The van der Waals surface area contributed by atoms with Gasteiger partial charge in [0.1, 0.15) is 5.82 Å². The Bertz CT molecular complexity index is 725. The number of aromatic nitrogens is 6. The molecular weight excluding hydrogens is 244 g/mol. The summed E-state index contributed by atoms with van der Waals surface area (Å²) < 4.78 is 1.79. The Morgan fingerprint density at radius 1 is 1.42 bits per heavy atom. The van der Waals surface area contributed by atoms with E-state index in [1.807, 2.05) is 20.2 Å². The van der Waals surface area contributed by atoms with Crippen molar-refractivity contribution in [1.29, 1.82) is 0 Å². The van der Waals surface area contributed by atoms with Gasteiger partial charge in [0.05, 0.1) is 17.3 Å². The third-order valence-corrected chi connectivity index (χ3v) is 2.89. The minimum absolute atomic E-state index is 0.210. The summed E-state index contributed by atoms with van der Waals surface area (Å²) in [5, 5.41) is 15.1. The molecule has 0 amide bonds. The Labute approximate surface area is 109 Å². The number of rotatable bonds is 3. The first-order chi connectivity index (χ1) is 9.13. The lowest BCUT2D eigenvalue weighted by Gasteiger charge is -2.06. The number of H-pyrrole nitrogens is 1. The Morgan fingerprint density at radius 2 is 2.26 bits per heavy atom. The first-order valence-electron chi connectivity index (χ1n) is 5.83. The van der Waals surface area contributed by atoms with E-state index in [-0.39, 0.29) is 5.95 Å². The number of hydrogen-bond acceptors (Lipinski definition) is 6. The van der Waals surface area contributed by atoms with Crippen LogP contribution in [0.4, 0.5) is 11.8 Å². The van der Waals surface area contributed by atoms with Gasteiger partial charge in [0.15, 0.2) is 5.65 Å². The van der Waals surface area contributed by atoms with Crippen LogP contribution in [0.25, 0.3) is 11.0 Å². The zero-order chi connectivity index (χ0) is 13.4. The standard InChI is InChI=1S/C11H14N8/c1-6-7(5-19(2)18-6)3-13-9-8-4-14-17-10(8)16-11(12)15-9/h4-5H,3H2,1-2H3,(H4,12,13,14,15,16,17). The minimum Gasteiger partial charge on any atom is -0.368 e. The van der Waals surface area contributed by atoms with Crippen LogP contribution < -0.4 is 11.1 Å². The molecule has 8 heteroatoms. The summed E-state index contributed by atoms with van der Waals surface area (Å²) >= 11 is 0. The van der Waals surface area contributed by atoms with Crippen molar-refractivity contribution in [3.05, 3.63) is 23.7 Å². The van der Waals surface area contributed by atoms with Gasteiger partial charge >= 0.3 is 0 Å². The highest BCUT2D eigenvalue weighted by Gasteiger charge is 2.09. The second-order valence-corrected chi connectivity index (χ2v) is 4.33. The van der Waals surface area contributed by atoms with Crippen LogP contribution in [0.5, 0.6) is 0 Å². The molecule has 0 atom stereocenters. The van der Waals surface area contributed by atoms with E-state index in [1.165, 1.54) is 0 Å². The average Bonchev–Trinajstić information content (AvgIpc) is 2.92. The smallest absolute Gasteiger partial charge is 0.224 e. The fourth-order valence-electron chi connectivity index (χ4n) is 1.99. The highest BCUT2D eigenvalue weighted by Crippen LogP contribution is 2.19. The molecule has 0 aliphatic rings. The molecule has 19 heavy (non-hydrogen) atoms. The van der Waals surface area contributed by atoms with Crippen LogP contribution in [0.3, 0.4) is 0 Å². The van der Waals surface area contributed by atoms with Crippen molar-refractivity contribution < 1.29 is 0 Å². The summed E-state index contributed by atoms with van der Waals surface area (Å²) in [6.07, 6.45) is 3.65. The van der Waals surface area contributed by atoms with Crippen molar-refractivity contribution >= 4 is 22.8 Å². The van der Waals surface area contributed by atoms with Crippen molar-refractivity contribution in [3.8, 4) is 0 Å². The van der Waals surface area contributed by atoms with Crippen LogP contribution in [0, 0.1) is 6.92 Å². The quantitative estimate of drug-likeness (QED) is 0.634. The molecule has 0 aliphatic heterocycles. The summed E-state index contributed by atoms with van der Waals surface area (Å²) in [7, 11) is 1.90. The molecule has 8 nitrogen and oxygen atoms in total. The number of aryl methyl sites for hydroxylation is 2. The molecule has 3 rings (SSSR count). The summed E-state index contributed by atoms with van der Waals surface area (Å²) in [5.41, 5.74) is 8.38. The third kappa shape index (κ3) is 2.07. The molecule has 3 aromatic rings. The Kier molecular flexibility index (Phi) is 2.55. The van der Waals surface area contributed by atoms with Crippen LogP contribution >= 0.6 is 0 Å². The molecule has 0 saturated carbocycles. The largest absolute Gasteiger partial charge is 0.368 e. The topological polar surface area (TPSA) is 110 Å². The highest BCUT2D eigenvalue weighted by atomic mass is 15.3. The van der Waals surface area contributed by atoms with Crippen molar-refractivity contribution in [2.75, 3.05) is 11.1 Å². The van der Waals surface area contributed by atoms with E-state index in [4.69, 9.17) is 5.73 Å². The van der Waals surface area contributed by atoms with Crippen molar-refractivity contribution in [2.45, 2.75) is 13.5 Å². The van der Waals surface area contributed by atoms with Gasteiger partial charge in [-0.3, -0.25) is 9.78 Å². The number of aromatic amines is 1. The molecule has 98 valence electrons. The zero-order valence-corrected chi connectivity index (χ0v) is 10.7. The molecule has 0 radical (unpaired) electrons. The van der Waals surface area contributed by atoms with Gasteiger partial charge in [0.2, 0.25) is 5.95 Å². The summed E-state index contributed by atoms with van der Waals surface area (Å²) in [5.74, 6) is 0.877. The number of nitrogens with two attached hydrogens (primary N) is 1. The van der Waals surface area contributed by atoms with Gasteiger partial charge in [0.25, 0.3) is 0 Å². The van der Waals surface area contributed by atoms with Crippen LogP contribution in [-0.2, 0) is 13.6 Å². The second-order valence-electron chi connectivity index (χ2n) is 4.33. The second kappa shape index (κ2) is 4.23. The number of anilines is 2. The lowest BCUT2D eigenvalue weighted by Crippen LogP contribution is -2.05. The van der Waals surface area contributed by atoms with E-state index in [9.17, 15) is 0 Å². The molecule has 3 aromatic heterocycles. The van der Waals surface area contributed by atoms with E-state index >= 15 is 0 Å². The summed E-state index contributed by atoms with van der Waals surface area (Å²) in [6.45, 7) is 2.59. The molecular formula is C11H14N8. The van der Waals surface area contributed by atoms with Crippen LogP contribution in [-0.4, -0.2) is 29.9 Å². The predicted octanol–water partition coefficient (Wildman–Crippen LogP) is 0.589. The molecule has 3 heterocycles. The van der Waals surface area contributed by atoms with E-state index in [0.717, 1.165) is 16.6 Å². The maximum absolute atomic E-state index is 5.66. The Balaban J connectivity index is 1.89. The molecule has 0 aliphatic carbocycles.